The summed E-state index contributed by atoms with van der Waals surface area (Å²) < 4.78 is 70.7. The summed E-state index contributed by atoms with van der Waals surface area (Å²) in [5, 5.41) is 11.4. The average molecular weight is 561 g/mol. The molecule has 0 spiro atoms. The number of nitrogens with one attached hydrogen (secondary N) is 2. The van der Waals surface area contributed by atoms with Gasteiger partial charge in [0.15, 0.2) is 0 Å². The molecule has 39 heavy (non-hydrogen) atoms. The first-order chi connectivity index (χ1) is 18.5. The third-order valence-corrected chi connectivity index (χ3v) is 9.56. The summed E-state index contributed by atoms with van der Waals surface area (Å²) >= 11 is 0. The molecule has 3 fully saturated rings. The molecule has 8 unspecified atom stereocenters. The minimum Gasteiger partial charge on any atom is -0.381 e. The molecule has 2 N–H and O–H groups in total. The fourth-order valence-corrected chi connectivity index (χ4v) is 7.50. The van der Waals surface area contributed by atoms with E-state index in [2.05, 4.69) is 5.32 Å². The minimum absolute atomic E-state index is 0.0431. The zero-order valence-electron chi connectivity index (χ0n) is 23.3. The Labute approximate surface area is 228 Å². The summed E-state index contributed by atoms with van der Waals surface area (Å²) in [5.41, 5.74) is 0.307. The number of amides is 1. The fraction of sp³-hybridized carbons (Fsp3) is 0.857. The molecule has 0 saturated heterocycles. The first-order valence-corrected chi connectivity index (χ1v) is 14.3. The molecule has 1 aromatic rings. The number of imidazole rings is 1. The van der Waals surface area contributed by atoms with Crippen LogP contribution in [0.15, 0.2) is 12.4 Å². The van der Waals surface area contributed by atoms with Gasteiger partial charge in [-0.25, -0.2) is 4.39 Å². The van der Waals surface area contributed by atoms with Crippen molar-refractivity contribution in [1.29, 1.82) is 5.41 Å². The second kappa shape index (κ2) is 12.7. The van der Waals surface area contributed by atoms with Crippen LogP contribution in [0.3, 0.4) is 0 Å². The molecule has 0 aromatic carbocycles. The van der Waals surface area contributed by atoms with E-state index in [1.807, 2.05) is 0 Å². The summed E-state index contributed by atoms with van der Waals surface area (Å²) in [4.78, 5) is 13.5. The number of carbonyl (C=O) groups excluding carboxylic acids is 1. The Morgan fingerprint density at radius 2 is 1.69 bits per heavy atom. The molecule has 8 atom stereocenters. The van der Waals surface area contributed by atoms with Crippen molar-refractivity contribution in [3.63, 3.8) is 0 Å². The topological polar surface area (TPSA) is 81.3 Å². The molecule has 0 radical (unpaired) electrons. The van der Waals surface area contributed by atoms with Crippen LogP contribution in [0.1, 0.15) is 57.8 Å². The number of hydrogen-bond donors (Lipinski definition) is 2. The van der Waals surface area contributed by atoms with Gasteiger partial charge in [0.25, 0.3) is 0 Å². The molecule has 1 heterocycles. The summed E-state index contributed by atoms with van der Waals surface area (Å²) in [5.74, 6) is -3.05. The molecule has 7 nitrogen and oxygen atoms in total. The van der Waals surface area contributed by atoms with Gasteiger partial charge in [-0.1, -0.05) is 0 Å². The number of nitrogens with zero attached hydrogens (tertiary/aromatic N) is 2. The van der Waals surface area contributed by atoms with Crippen LogP contribution >= 0.6 is 0 Å². The van der Waals surface area contributed by atoms with E-state index in [0.717, 1.165) is 19.3 Å². The van der Waals surface area contributed by atoms with Crippen LogP contribution in [0.25, 0.3) is 0 Å². The zero-order valence-corrected chi connectivity index (χ0v) is 23.3. The van der Waals surface area contributed by atoms with Gasteiger partial charge in [0.05, 0.1) is 18.1 Å². The first kappa shape index (κ1) is 30.1. The van der Waals surface area contributed by atoms with Crippen molar-refractivity contribution < 1.29 is 31.8 Å². The van der Waals surface area contributed by atoms with Crippen molar-refractivity contribution in [3.05, 3.63) is 18.0 Å². The molecule has 1 aromatic heterocycles. The molecule has 1 amide bonds. The maximum absolute atomic E-state index is 14.1. The fourth-order valence-electron chi connectivity index (χ4n) is 7.50. The van der Waals surface area contributed by atoms with E-state index in [0.29, 0.717) is 38.0 Å². The summed E-state index contributed by atoms with van der Waals surface area (Å²) in [7, 11) is 5.13. The number of aryl methyl sites for hydroxylation is 1. The Balaban J connectivity index is 1.48. The van der Waals surface area contributed by atoms with E-state index in [-0.39, 0.29) is 48.7 Å². The van der Waals surface area contributed by atoms with Gasteiger partial charge in [-0.3, -0.25) is 10.2 Å². The number of aromatic nitrogens is 2. The number of methoxy groups -OCH3 is 2. The van der Waals surface area contributed by atoms with Crippen LogP contribution < -0.4 is 10.9 Å². The van der Waals surface area contributed by atoms with Gasteiger partial charge in [0, 0.05) is 52.7 Å². The van der Waals surface area contributed by atoms with Gasteiger partial charge in [-0.15, -0.1) is 0 Å². The number of hydrogen-bond acceptors (Lipinski definition) is 4. The third kappa shape index (κ3) is 7.45. The van der Waals surface area contributed by atoms with E-state index in [1.165, 1.54) is 0 Å². The summed E-state index contributed by atoms with van der Waals surface area (Å²) in [6.07, 6.45) is 1.64. The lowest BCUT2D eigenvalue weighted by Crippen LogP contribution is -2.46. The van der Waals surface area contributed by atoms with E-state index < -0.39 is 36.5 Å². The minimum atomic E-state index is -4.46. The number of alkyl halides is 4. The molecular weight excluding hydrogens is 516 g/mol. The molecule has 11 heteroatoms. The number of halogens is 4. The zero-order chi connectivity index (χ0) is 28.3. The molecule has 3 aliphatic rings. The van der Waals surface area contributed by atoms with E-state index >= 15 is 0 Å². The van der Waals surface area contributed by atoms with E-state index in [1.54, 1.807) is 42.8 Å². The Bertz CT molecular complexity index is 1000. The highest BCUT2D eigenvalue weighted by atomic mass is 19.4. The highest BCUT2D eigenvalue weighted by molar-refractivity contribution is 5.78. The lowest BCUT2D eigenvalue weighted by atomic mass is 9.63. The van der Waals surface area contributed by atoms with Gasteiger partial charge in [0.1, 0.15) is 6.17 Å². The Kier molecular flexibility index (Phi) is 9.83. The molecule has 3 saturated carbocycles. The number of ether oxygens (including phenoxy) is 2. The Morgan fingerprint density at radius 1 is 1.00 bits per heavy atom. The smallest absolute Gasteiger partial charge is 0.381 e. The molecule has 3 aliphatic carbocycles. The molecule has 222 valence electrons. The molecule has 4 rings (SSSR count). The first-order valence-electron chi connectivity index (χ1n) is 14.3. The highest BCUT2D eigenvalue weighted by Crippen LogP contribution is 2.50. The second-order valence-electron chi connectivity index (χ2n) is 12.2. The largest absolute Gasteiger partial charge is 0.392 e. The van der Waals surface area contributed by atoms with Crippen molar-refractivity contribution >= 4 is 5.91 Å². The van der Waals surface area contributed by atoms with E-state index in [9.17, 15) is 22.4 Å². The average Bonchev–Trinajstić information content (AvgIpc) is 3.22. The van der Waals surface area contributed by atoms with Gasteiger partial charge < -0.3 is 23.9 Å². The lowest BCUT2D eigenvalue weighted by Gasteiger charge is -2.44. The Morgan fingerprint density at radius 3 is 2.28 bits per heavy atom. The highest BCUT2D eigenvalue weighted by Gasteiger charge is 2.51. The van der Waals surface area contributed by atoms with Gasteiger partial charge in [-0.05, 0) is 81.5 Å². The van der Waals surface area contributed by atoms with Crippen molar-refractivity contribution in [2.45, 2.75) is 88.9 Å². The van der Waals surface area contributed by atoms with Crippen LogP contribution in [-0.4, -0.2) is 60.4 Å². The van der Waals surface area contributed by atoms with Gasteiger partial charge >= 0.3 is 6.18 Å². The number of rotatable bonds is 8. The predicted molar refractivity (Wildman–Crippen MR) is 137 cm³/mol. The van der Waals surface area contributed by atoms with Crippen LogP contribution in [0.4, 0.5) is 17.6 Å². The quantitative estimate of drug-likeness (QED) is 0.456. The third-order valence-electron chi connectivity index (χ3n) is 9.56. The molecular formula is C28H44F4N4O3. The van der Waals surface area contributed by atoms with Crippen molar-refractivity contribution in [2.24, 2.45) is 42.6 Å². The number of carbonyl (C=O) groups is 1. The standard InChI is InChI=1S/C28H44F4N4O3/c1-35-6-7-36(27(35)33)16-18-8-19(24-5-4-21(29)13-25(24)28(30,31)32)12-20(9-18)26(37)34-15-17-10-22(38-2)14-23(11-17)39-3/h6-7,17-25,33H,4-5,8-16H2,1-3H3,(H,34,37). The lowest BCUT2D eigenvalue weighted by molar-refractivity contribution is -0.209. The van der Waals surface area contributed by atoms with Crippen molar-refractivity contribution in [1.82, 2.24) is 14.5 Å². The molecule has 0 aliphatic heterocycles. The Hall–Kier alpha value is -1.88. The van der Waals surface area contributed by atoms with E-state index in [4.69, 9.17) is 14.9 Å². The van der Waals surface area contributed by atoms with Crippen LogP contribution in [0, 0.1) is 40.9 Å². The maximum atomic E-state index is 14.1. The second-order valence-corrected chi connectivity index (χ2v) is 12.2. The summed E-state index contributed by atoms with van der Waals surface area (Å²) in [6.45, 7) is 0.954. The summed E-state index contributed by atoms with van der Waals surface area (Å²) in [6, 6.07) is 0. The van der Waals surface area contributed by atoms with Crippen LogP contribution in [0.2, 0.25) is 0 Å². The van der Waals surface area contributed by atoms with Crippen molar-refractivity contribution in [2.75, 3.05) is 20.8 Å². The normalized spacial score (nSPS) is 36.0. The van der Waals surface area contributed by atoms with Crippen LogP contribution in [0.5, 0.6) is 0 Å². The van der Waals surface area contributed by atoms with Crippen molar-refractivity contribution in [3.8, 4) is 0 Å². The predicted octanol–water partition coefficient (Wildman–Crippen LogP) is 4.60. The van der Waals surface area contributed by atoms with Crippen LogP contribution in [-0.2, 0) is 27.9 Å². The maximum Gasteiger partial charge on any atom is 0.392 e. The van der Waals surface area contributed by atoms with Gasteiger partial charge in [0.2, 0.25) is 11.5 Å². The monoisotopic (exact) mass is 560 g/mol. The molecule has 0 bridgehead atoms. The van der Waals surface area contributed by atoms with Gasteiger partial charge in [-0.2, -0.15) is 13.2 Å². The SMILES string of the molecule is COC1CC(CNC(=O)C2CC(Cn3ccn(C)c3=N)CC(C3CCC(F)CC3C(F)(F)F)C2)CC(OC)C1.